The van der Waals surface area contributed by atoms with Crippen LogP contribution in [0.1, 0.15) is 33.1 Å². The van der Waals surface area contributed by atoms with E-state index in [1.54, 1.807) is 7.11 Å². The third-order valence-electron chi connectivity index (χ3n) is 3.40. The largest absolute Gasteiger partial charge is 0.471 e. The van der Waals surface area contributed by atoms with Crippen LogP contribution in [0, 0.1) is 11.3 Å². The van der Waals surface area contributed by atoms with Crippen LogP contribution in [0.25, 0.3) is 0 Å². The molecule has 2 atom stereocenters. The number of methoxy groups -OCH3 is 1. The summed E-state index contributed by atoms with van der Waals surface area (Å²) in [5, 5.41) is 0. The highest BCUT2D eigenvalue weighted by atomic mass is 16.7. The Labute approximate surface area is 91.4 Å². The quantitative estimate of drug-likeness (QED) is 0.501. The van der Waals surface area contributed by atoms with E-state index in [2.05, 4.69) is 6.92 Å². The maximum absolute atomic E-state index is 11.3. The number of aldehydes is 1. The Bertz CT molecular complexity index is 247. The van der Waals surface area contributed by atoms with Gasteiger partial charge in [0.25, 0.3) is 0 Å². The molecule has 0 spiro atoms. The van der Waals surface area contributed by atoms with E-state index in [-0.39, 0.29) is 6.79 Å². The van der Waals surface area contributed by atoms with Gasteiger partial charge in [0.2, 0.25) is 0 Å². The number of ether oxygens (including phenoxy) is 2. The third-order valence-corrected chi connectivity index (χ3v) is 3.40. The molecular formula is C12H20O3. The van der Waals surface area contributed by atoms with E-state index in [4.69, 9.17) is 9.47 Å². The van der Waals surface area contributed by atoms with Gasteiger partial charge in [0.1, 0.15) is 12.0 Å². The van der Waals surface area contributed by atoms with Crippen LogP contribution in [0.2, 0.25) is 0 Å². The predicted molar refractivity (Wildman–Crippen MR) is 58.2 cm³/mol. The summed E-state index contributed by atoms with van der Waals surface area (Å²) in [6, 6.07) is 0. The minimum atomic E-state index is -0.409. The van der Waals surface area contributed by atoms with Gasteiger partial charge < -0.3 is 14.3 Å². The molecule has 0 aliphatic heterocycles. The summed E-state index contributed by atoms with van der Waals surface area (Å²) < 4.78 is 10.4. The van der Waals surface area contributed by atoms with Crippen LogP contribution in [-0.4, -0.2) is 20.2 Å². The first-order valence-electron chi connectivity index (χ1n) is 5.53. The molecule has 1 aliphatic carbocycles. The monoisotopic (exact) mass is 212 g/mol. The second kappa shape index (κ2) is 5.31. The average molecular weight is 212 g/mol. The molecule has 0 saturated carbocycles. The highest BCUT2D eigenvalue weighted by Crippen LogP contribution is 2.46. The Balaban J connectivity index is 2.82. The van der Waals surface area contributed by atoms with Crippen molar-refractivity contribution in [2.75, 3.05) is 13.9 Å². The summed E-state index contributed by atoms with van der Waals surface area (Å²) in [5.41, 5.74) is -0.409. The van der Waals surface area contributed by atoms with Gasteiger partial charge in [-0.1, -0.05) is 20.3 Å². The first-order valence-corrected chi connectivity index (χ1v) is 5.53. The van der Waals surface area contributed by atoms with Crippen molar-refractivity contribution in [1.29, 1.82) is 0 Å². The van der Waals surface area contributed by atoms with Crippen LogP contribution in [-0.2, 0) is 14.3 Å². The first-order chi connectivity index (χ1) is 7.25. The van der Waals surface area contributed by atoms with Crippen molar-refractivity contribution >= 4 is 6.29 Å². The number of allylic oxidation sites excluding steroid dienone is 2. The van der Waals surface area contributed by atoms with Gasteiger partial charge in [0, 0.05) is 7.11 Å². The number of hydrogen-bond acceptors (Lipinski definition) is 3. The number of rotatable bonds is 6. The van der Waals surface area contributed by atoms with Gasteiger partial charge in [-0.15, -0.1) is 0 Å². The minimum Gasteiger partial charge on any atom is -0.471 e. The second-order valence-corrected chi connectivity index (χ2v) is 3.97. The lowest BCUT2D eigenvalue weighted by molar-refractivity contribution is -0.120. The molecule has 0 unspecified atom stereocenters. The fourth-order valence-corrected chi connectivity index (χ4v) is 2.40. The van der Waals surface area contributed by atoms with Crippen molar-refractivity contribution < 1.29 is 14.3 Å². The van der Waals surface area contributed by atoms with E-state index in [9.17, 15) is 4.79 Å². The van der Waals surface area contributed by atoms with Crippen LogP contribution in [0.3, 0.4) is 0 Å². The molecule has 0 aromatic rings. The average Bonchev–Trinajstić information content (AvgIpc) is 2.64. The third kappa shape index (κ3) is 2.07. The number of carbonyl (C=O) groups excluding carboxylic acids is 1. The molecule has 0 aromatic carbocycles. The summed E-state index contributed by atoms with van der Waals surface area (Å²) in [4.78, 5) is 11.3. The zero-order valence-electron chi connectivity index (χ0n) is 9.79. The SMILES string of the molecule is CC[C@@H]1CC=C(OCOC)[C@@]1(C=O)CC. The lowest BCUT2D eigenvalue weighted by Crippen LogP contribution is -2.31. The number of carbonyl (C=O) groups is 1. The van der Waals surface area contributed by atoms with Gasteiger partial charge in [-0.05, 0) is 24.8 Å². The lowest BCUT2D eigenvalue weighted by atomic mass is 9.75. The Morgan fingerprint density at radius 2 is 2.33 bits per heavy atom. The molecular weight excluding hydrogens is 192 g/mol. The van der Waals surface area contributed by atoms with Crippen molar-refractivity contribution in [2.24, 2.45) is 11.3 Å². The van der Waals surface area contributed by atoms with Gasteiger partial charge in [-0.25, -0.2) is 0 Å². The van der Waals surface area contributed by atoms with Gasteiger partial charge in [0.15, 0.2) is 6.79 Å². The van der Waals surface area contributed by atoms with Gasteiger partial charge in [-0.3, -0.25) is 0 Å². The van der Waals surface area contributed by atoms with Crippen LogP contribution in [0.4, 0.5) is 0 Å². The topological polar surface area (TPSA) is 35.5 Å². The molecule has 0 saturated heterocycles. The van der Waals surface area contributed by atoms with E-state index in [0.717, 1.165) is 31.3 Å². The zero-order chi connectivity index (χ0) is 11.3. The summed E-state index contributed by atoms with van der Waals surface area (Å²) in [7, 11) is 1.58. The van der Waals surface area contributed by atoms with E-state index in [1.165, 1.54) is 0 Å². The van der Waals surface area contributed by atoms with E-state index >= 15 is 0 Å². The minimum absolute atomic E-state index is 0.220. The van der Waals surface area contributed by atoms with Crippen molar-refractivity contribution in [3.8, 4) is 0 Å². The summed E-state index contributed by atoms with van der Waals surface area (Å²) in [6.45, 7) is 4.37. The van der Waals surface area contributed by atoms with Crippen LogP contribution in [0.15, 0.2) is 11.8 Å². The fourth-order valence-electron chi connectivity index (χ4n) is 2.40. The molecule has 0 radical (unpaired) electrons. The second-order valence-electron chi connectivity index (χ2n) is 3.97. The Kier molecular flexibility index (Phi) is 4.33. The predicted octanol–water partition coefficient (Wildman–Crippen LogP) is 2.52. The molecule has 1 rings (SSSR count). The van der Waals surface area contributed by atoms with E-state index in [0.29, 0.717) is 5.92 Å². The molecule has 0 bridgehead atoms. The summed E-state index contributed by atoms with van der Waals surface area (Å²) in [6.07, 6.45) is 5.82. The standard InChI is InChI=1S/C12H20O3/c1-4-10-6-7-11(15-9-14-3)12(10,5-2)8-13/h7-8,10H,4-6,9H2,1-3H3/t10-,12-/m1/s1. The van der Waals surface area contributed by atoms with E-state index in [1.807, 2.05) is 13.0 Å². The Morgan fingerprint density at radius 1 is 1.60 bits per heavy atom. The fraction of sp³-hybridized carbons (Fsp3) is 0.750. The van der Waals surface area contributed by atoms with Crippen molar-refractivity contribution in [2.45, 2.75) is 33.1 Å². The molecule has 0 aromatic heterocycles. The molecule has 3 nitrogen and oxygen atoms in total. The molecule has 3 heteroatoms. The normalized spacial score (nSPS) is 30.1. The van der Waals surface area contributed by atoms with Crippen molar-refractivity contribution in [3.63, 3.8) is 0 Å². The van der Waals surface area contributed by atoms with Crippen molar-refractivity contribution in [3.05, 3.63) is 11.8 Å². The van der Waals surface area contributed by atoms with E-state index < -0.39 is 5.41 Å². The van der Waals surface area contributed by atoms with Crippen molar-refractivity contribution in [1.82, 2.24) is 0 Å². The van der Waals surface area contributed by atoms with Crippen LogP contribution >= 0.6 is 0 Å². The molecule has 0 N–H and O–H groups in total. The zero-order valence-corrected chi connectivity index (χ0v) is 9.79. The molecule has 15 heavy (non-hydrogen) atoms. The smallest absolute Gasteiger partial charge is 0.188 e. The summed E-state index contributed by atoms with van der Waals surface area (Å²) in [5.74, 6) is 1.18. The van der Waals surface area contributed by atoms with Crippen LogP contribution in [0.5, 0.6) is 0 Å². The molecule has 86 valence electrons. The molecule has 0 fully saturated rings. The maximum Gasteiger partial charge on any atom is 0.188 e. The lowest BCUT2D eigenvalue weighted by Gasteiger charge is -2.30. The van der Waals surface area contributed by atoms with Crippen LogP contribution < -0.4 is 0 Å². The molecule has 0 amide bonds. The Morgan fingerprint density at radius 3 is 2.80 bits per heavy atom. The number of hydrogen-bond donors (Lipinski definition) is 0. The summed E-state index contributed by atoms with van der Waals surface area (Å²) >= 11 is 0. The van der Waals surface area contributed by atoms with Gasteiger partial charge >= 0.3 is 0 Å². The molecule has 1 aliphatic rings. The highest BCUT2D eigenvalue weighted by molar-refractivity contribution is 5.66. The van der Waals surface area contributed by atoms with Gasteiger partial charge in [0.05, 0.1) is 5.41 Å². The van der Waals surface area contributed by atoms with Gasteiger partial charge in [-0.2, -0.15) is 0 Å². The Hall–Kier alpha value is -0.830. The first kappa shape index (κ1) is 12.2. The maximum atomic E-state index is 11.3. The molecule has 0 heterocycles. The highest BCUT2D eigenvalue weighted by Gasteiger charge is 2.44.